The number of aliphatic hydroxyl groups is 1. The van der Waals surface area contributed by atoms with Crippen molar-refractivity contribution in [3.05, 3.63) is 59.4 Å². The highest BCUT2D eigenvalue weighted by molar-refractivity contribution is 5.79. The van der Waals surface area contributed by atoms with E-state index < -0.39 is 0 Å². The number of carbonyl (C=O) groups is 1. The molecule has 4 rings (SSSR count). The van der Waals surface area contributed by atoms with Gasteiger partial charge in [-0.1, -0.05) is 6.07 Å². The molecule has 130 valence electrons. The Morgan fingerprint density at radius 1 is 1.28 bits per heavy atom. The Hall–Kier alpha value is -2.40. The Bertz CT molecular complexity index is 757. The summed E-state index contributed by atoms with van der Waals surface area (Å²) >= 11 is 0. The molecule has 0 spiro atoms. The molecule has 2 aliphatic rings. The number of nitrogens with zero attached hydrogens (tertiary/aromatic N) is 1. The molecule has 0 radical (unpaired) electrons. The van der Waals surface area contributed by atoms with Gasteiger partial charge in [-0.3, -0.25) is 9.78 Å². The van der Waals surface area contributed by atoms with Crippen LogP contribution >= 0.6 is 0 Å². The first-order valence-corrected chi connectivity index (χ1v) is 8.81. The highest BCUT2D eigenvalue weighted by Gasteiger charge is 2.36. The number of ether oxygens (including phenoxy) is 1. The van der Waals surface area contributed by atoms with Crippen molar-refractivity contribution in [2.45, 2.75) is 37.8 Å². The number of nitrogens with one attached hydrogen (secondary N) is 1. The SMILES string of the molecule is O=C(Cc1ccncc1)NC(c1ccc2c(c1)CCO2)C1CC(O)C1. The maximum atomic E-state index is 12.5. The molecule has 2 N–H and O–H groups in total. The summed E-state index contributed by atoms with van der Waals surface area (Å²) in [7, 11) is 0. The molecule has 5 nitrogen and oxygen atoms in total. The van der Waals surface area contributed by atoms with Crippen LogP contribution in [0.2, 0.25) is 0 Å². The molecule has 5 heteroatoms. The van der Waals surface area contributed by atoms with Crippen molar-refractivity contribution in [1.29, 1.82) is 0 Å². The number of hydrogen-bond acceptors (Lipinski definition) is 4. The summed E-state index contributed by atoms with van der Waals surface area (Å²) in [5, 5.41) is 12.9. The van der Waals surface area contributed by atoms with E-state index in [0.717, 1.165) is 42.7 Å². The van der Waals surface area contributed by atoms with Crippen LogP contribution in [0.15, 0.2) is 42.7 Å². The summed E-state index contributed by atoms with van der Waals surface area (Å²) < 4.78 is 5.58. The fourth-order valence-electron chi connectivity index (χ4n) is 3.69. The van der Waals surface area contributed by atoms with Gasteiger partial charge in [-0.05, 0) is 59.7 Å². The molecule has 0 bridgehead atoms. The predicted molar refractivity (Wildman–Crippen MR) is 93.2 cm³/mol. The molecule has 1 saturated carbocycles. The molecule has 1 atom stereocenters. The van der Waals surface area contributed by atoms with Gasteiger partial charge >= 0.3 is 0 Å². The van der Waals surface area contributed by atoms with Gasteiger partial charge in [-0.25, -0.2) is 0 Å². The monoisotopic (exact) mass is 338 g/mol. The lowest BCUT2D eigenvalue weighted by Crippen LogP contribution is -2.41. The molecule has 1 aliphatic carbocycles. The second-order valence-electron chi connectivity index (χ2n) is 6.93. The average Bonchev–Trinajstić information content (AvgIpc) is 3.06. The number of rotatable bonds is 5. The molecule has 1 aliphatic heterocycles. The Balaban J connectivity index is 1.51. The molecule has 1 aromatic carbocycles. The number of hydrogen-bond donors (Lipinski definition) is 2. The summed E-state index contributed by atoms with van der Waals surface area (Å²) in [5.41, 5.74) is 3.25. The lowest BCUT2D eigenvalue weighted by molar-refractivity contribution is -0.122. The number of fused-ring (bicyclic) bond motifs is 1. The van der Waals surface area contributed by atoms with Crippen molar-refractivity contribution in [2.75, 3.05) is 6.61 Å². The third-order valence-electron chi connectivity index (χ3n) is 5.12. The van der Waals surface area contributed by atoms with Crippen LogP contribution in [0.25, 0.3) is 0 Å². The summed E-state index contributed by atoms with van der Waals surface area (Å²) in [6.45, 7) is 0.722. The van der Waals surface area contributed by atoms with Crippen LogP contribution < -0.4 is 10.1 Å². The molecular weight excluding hydrogens is 316 g/mol. The zero-order valence-corrected chi connectivity index (χ0v) is 14.0. The molecule has 1 amide bonds. The largest absolute Gasteiger partial charge is 0.493 e. The topological polar surface area (TPSA) is 71.5 Å². The van der Waals surface area contributed by atoms with Crippen molar-refractivity contribution in [1.82, 2.24) is 10.3 Å². The van der Waals surface area contributed by atoms with Crippen LogP contribution in [0.3, 0.4) is 0 Å². The third kappa shape index (κ3) is 3.51. The van der Waals surface area contributed by atoms with Gasteiger partial charge in [0.15, 0.2) is 0 Å². The van der Waals surface area contributed by atoms with E-state index in [2.05, 4.69) is 16.4 Å². The molecule has 1 fully saturated rings. The predicted octanol–water partition coefficient (Wildman–Crippen LogP) is 2.19. The molecule has 25 heavy (non-hydrogen) atoms. The lowest BCUT2D eigenvalue weighted by Gasteiger charge is -2.38. The molecule has 1 unspecified atom stereocenters. The minimum Gasteiger partial charge on any atom is -0.493 e. The Labute approximate surface area is 147 Å². The van der Waals surface area contributed by atoms with Gasteiger partial charge < -0.3 is 15.2 Å². The van der Waals surface area contributed by atoms with E-state index in [1.54, 1.807) is 12.4 Å². The summed E-state index contributed by atoms with van der Waals surface area (Å²) in [4.78, 5) is 16.5. The number of carbonyl (C=O) groups excluding carboxylic acids is 1. The zero-order chi connectivity index (χ0) is 17.2. The highest BCUT2D eigenvalue weighted by Crippen LogP contribution is 2.39. The number of benzene rings is 1. The minimum absolute atomic E-state index is 0.00524. The first-order valence-electron chi connectivity index (χ1n) is 8.81. The van der Waals surface area contributed by atoms with Crippen molar-refractivity contribution in [3.8, 4) is 5.75 Å². The fourth-order valence-corrected chi connectivity index (χ4v) is 3.69. The van der Waals surface area contributed by atoms with E-state index in [4.69, 9.17) is 4.74 Å². The smallest absolute Gasteiger partial charge is 0.224 e. The quantitative estimate of drug-likeness (QED) is 0.877. The van der Waals surface area contributed by atoms with E-state index in [-0.39, 0.29) is 24.0 Å². The number of amides is 1. The van der Waals surface area contributed by atoms with Crippen LogP contribution in [0.4, 0.5) is 0 Å². The third-order valence-corrected chi connectivity index (χ3v) is 5.12. The molecule has 0 saturated heterocycles. The zero-order valence-electron chi connectivity index (χ0n) is 14.0. The van der Waals surface area contributed by atoms with E-state index in [0.29, 0.717) is 6.42 Å². The molecule has 1 aromatic heterocycles. The minimum atomic E-state index is -0.248. The standard InChI is InChI=1S/C20H22N2O3/c23-17-11-16(12-17)20(15-1-2-18-14(10-15)5-8-25-18)22-19(24)9-13-3-6-21-7-4-13/h1-4,6-7,10,16-17,20,23H,5,8-9,11-12H2,(H,22,24). The van der Waals surface area contributed by atoms with Gasteiger partial charge in [0.2, 0.25) is 5.91 Å². The Morgan fingerprint density at radius 2 is 2.08 bits per heavy atom. The maximum absolute atomic E-state index is 12.5. The van der Waals surface area contributed by atoms with Gasteiger partial charge in [-0.15, -0.1) is 0 Å². The second kappa shape index (κ2) is 6.84. The normalized spacial score (nSPS) is 22.4. The van der Waals surface area contributed by atoms with Gasteiger partial charge in [0.25, 0.3) is 0 Å². The van der Waals surface area contributed by atoms with Gasteiger partial charge in [0, 0.05) is 18.8 Å². The van der Waals surface area contributed by atoms with E-state index >= 15 is 0 Å². The Kier molecular flexibility index (Phi) is 4.40. The van der Waals surface area contributed by atoms with E-state index in [9.17, 15) is 9.90 Å². The maximum Gasteiger partial charge on any atom is 0.224 e. The van der Waals surface area contributed by atoms with Crippen LogP contribution in [0, 0.1) is 5.92 Å². The summed E-state index contributed by atoms with van der Waals surface area (Å²) in [6.07, 6.45) is 5.85. The molecule has 2 heterocycles. The lowest BCUT2D eigenvalue weighted by atomic mass is 9.74. The van der Waals surface area contributed by atoms with Crippen LogP contribution in [-0.4, -0.2) is 28.7 Å². The molecular formula is C20H22N2O3. The van der Waals surface area contributed by atoms with Crippen molar-refractivity contribution in [3.63, 3.8) is 0 Å². The number of aromatic nitrogens is 1. The second-order valence-corrected chi connectivity index (χ2v) is 6.93. The first kappa shape index (κ1) is 16.1. The van der Waals surface area contributed by atoms with Crippen molar-refractivity contribution < 1.29 is 14.6 Å². The van der Waals surface area contributed by atoms with Crippen molar-refractivity contribution in [2.24, 2.45) is 5.92 Å². The summed E-state index contributed by atoms with van der Waals surface area (Å²) in [5.74, 6) is 1.21. The van der Waals surface area contributed by atoms with E-state index in [1.807, 2.05) is 24.3 Å². The van der Waals surface area contributed by atoms with Gasteiger partial charge in [-0.2, -0.15) is 0 Å². The van der Waals surface area contributed by atoms with Crippen LogP contribution in [-0.2, 0) is 17.6 Å². The fraction of sp³-hybridized carbons (Fsp3) is 0.400. The average molecular weight is 338 g/mol. The van der Waals surface area contributed by atoms with Crippen molar-refractivity contribution >= 4 is 5.91 Å². The highest BCUT2D eigenvalue weighted by atomic mass is 16.5. The van der Waals surface area contributed by atoms with Gasteiger partial charge in [0.05, 0.1) is 25.2 Å². The first-order chi connectivity index (χ1) is 12.2. The number of pyridine rings is 1. The summed E-state index contributed by atoms with van der Waals surface area (Å²) in [6, 6.07) is 9.82. The Morgan fingerprint density at radius 3 is 2.84 bits per heavy atom. The molecule has 2 aromatic rings. The number of aliphatic hydroxyl groups excluding tert-OH is 1. The van der Waals surface area contributed by atoms with Gasteiger partial charge in [0.1, 0.15) is 5.75 Å². The van der Waals surface area contributed by atoms with Crippen LogP contribution in [0.5, 0.6) is 5.75 Å². The van der Waals surface area contributed by atoms with E-state index in [1.165, 1.54) is 5.56 Å². The van der Waals surface area contributed by atoms with Crippen LogP contribution in [0.1, 0.15) is 35.6 Å².